The molecule has 1 amide bonds. The molecule has 1 aliphatic rings. The molecule has 0 spiro atoms. The fourth-order valence-electron chi connectivity index (χ4n) is 1.87. The zero-order valence-corrected chi connectivity index (χ0v) is 9.17. The average molecular weight is 200 g/mol. The maximum absolute atomic E-state index is 11.5. The predicted molar refractivity (Wildman–Crippen MR) is 54.8 cm³/mol. The van der Waals surface area contributed by atoms with Crippen molar-refractivity contribution in [2.75, 3.05) is 6.61 Å². The van der Waals surface area contributed by atoms with Crippen LogP contribution in [0.2, 0.25) is 0 Å². The van der Waals surface area contributed by atoms with Gasteiger partial charge in [0.2, 0.25) is 5.91 Å². The summed E-state index contributed by atoms with van der Waals surface area (Å²) in [4.78, 5) is 11.5. The fraction of sp³-hybridized carbons (Fsp3) is 0.900. The summed E-state index contributed by atoms with van der Waals surface area (Å²) in [5, 5.41) is 3.29. The second kappa shape index (κ2) is 4.28. The summed E-state index contributed by atoms with van der Waals surface area (Å²) in [6.07, 6.45) is 1.52. The Morgan fingerprint density at radius 1 is 1.79 bits per heavy atom. The van der Waals surface area contributed by atoms with Crippen LogP contribution >= 0.6 is 0 Å². The minimum Gasteiger partial charge on any atom is -0.376 e. The Morgan fingerprint density at radius 2 is 2.43 bits per heavy atom. The van der Waals surface area contributed by atoms with Crippen LogP contribution in [0, 0.1) is 0 Å². The zero-order chi connectivity index (χ0) is 10.8. The maximum atomic E-state index is 11.5. The van der Waals surface area contributed by atoms with Gasteiger partial charge in [0, 0.05) is 19.1 Å². The molecule has 1 heterocycles. The summed E-state index contributed by atoms with van der Waals surface area (Å²) >= 11 is 0. The summed E-state index contributed by atoms with van der Waals surface area (Å²) in [5.74, 6) is -0.303. The minimum absolute atomic E-state index is 0.131. The molecule has 0 saturated carbocycles. The van der Waals surface area contributed by atoms with Crippen LogP contribution in [0.1, 0.15) is 33.6 Å². The highest BCUT2D eigenvalue weighted by Gasteiger charge is 2.47. The number of amides is 1. The molecule has 0 aromatic heterocycles. The molecule has 1 fully saturated rings. The molecule has 0 bridgehead atoms. The van der Waals surface area contributed by atoms with Crippen LogP contribution in [0.25, 0.3) is 0 Å². The van der Waals surface area contributed by atoms with Crippen molar-refractivity contribution in [1.29, 1.82) is 0 Å². The molecule has 1 saturated heterocycles. The summed E-state index contributed by atoms with van der Waals surface area (Å²) in [6.45, 7) is 6.63. The van der Waals surface area contributed by atoms with Gasteiger partial charge in [-0.1, -0.05) is 6.92 Å². The van der Waals surface area contributed by atoms with E-state index in [9.17, 15) is 4.79 Å². The molecule has 0 radical (unpaired) electrons. The molecule has 0 aliphatic carbocycles. The SMILES string of the molecule is CCC(C)NC1(C(N)=O)CCOC1C. The van der Waals surface area contributed by atoms with Crippen molar-refractivity contribution in [1.82, 2.24) is 5.32 Å². The number of carbonyl (C=O) groups is 1. The number of carbonyl (C=O) groups excluding carboxylic acids is 1. The second-order valence-electron chi connectivity index (χ2n) is 4.05. The van der Waals surface area contributed by atoms with E-state index in [-0.39, 0.29) is 18.1 Å². The zero-order valence-electron chi connectivity index (χ0n) is 9.17. The molecule has 82 valence electrons. The first-order valence-corrected chi connectivity index (χ1v) is 5.22. The van der Waals surface area contributed by atoms with Crippen LogP contribution in [-0.4, -0.2) is 30.2 Å². The van der Waals surface area contributed by atoms with Gasteiger partial charge in [-0.05, 0) is 20.3 Å². The Balaban J connectivity index is 2.77. The Kier molecular flexibility index (Phi) is 3.50. The molecule has 1 rings (SSSR count). The number of nitrogens with two attached hydrogens (primary N) is 1. The third-order valence-electron chi connectivity index (χ3n) is 3.11. The van der Waals surface area contributed by atoms with Gasteiger partial charge >= 0.3 is 0 Å². The Morgan fingerprint density at radius 3 is 2.79 bits per heavy atom. The summed E-state index contributed by atoms with van der Waals surface area (Å²) in [6, 6.07) is 0.284. The molecule has 3 atom stereocenters. The van der Waals surface area contributed by atoms with E-state index in [0.29, 0.717) is 13.0 Å². The van der Waals surface area contributed by atoms with Crippen LogP contribution in [0.3, 0.4) is 0 Å². The molecular weight excluding hydrogens is 180 g/mol. The first-order chi connectivity index (χ1) is 6.53. The van der Waals surface area contributed by atoms with Crippen molar-refractivity contribution in [2.45, 2.75) is 51.3 Å². The topological polar surface area (TPSA) is 64.3 Å². The molecular formula is C10H20N2O2. The van der Waals surface area contributed by atoms with Crippen LogP contribution in [-0.2, 0) is 9.53 Å². The predicted octanol–water partition coefficient (Wildman–Crippen LogP) is 0.407. The van der Waals surface area contributed by atoms with E-state index in [4.69, 9.17) is 10.5 Å². The highest BCUT2D eigenvalue weighted by Crippen LogP contribution is 2.26. The third kappa shape index (κ3) is 1.91. The molecule has 1 aliphatic heterocycles. The van der Waals surface area contributed by atoms with Gasteiger partial charge in [0.1, 0.15) is 5.54 Å². The lowest BCUT2D eigenvalue weighted by atomic mass is 9.90. The summed E-state index contributed by atoms with van der Waals surface area (Å²) in [5.41, 5.74) is 4.79. The standard InChI is InChI=1S/C10H20N2O2/c1-4-7(2)12-10(9(11)13)5-6-14-8(10)3/h7-8,12H,4-6H2,1-3H3,(H2,11,13). The minimum atomic E-state index is -0.657. The number of rotatable bonds is 4. The number of ether oxygens (including phenoxy) is 1. The van der Waals surface area contributed by atoms with Crippen LogP contribution in [0.5, 0.6) is 0 Å². The van der Waals surface area contributed by atoms with E-state index in [1.54, 1.807) is 0 Å². The second-order valence-corrected chi connectivity index (χ2v) is 4.05. The quantitative estimate of drug-likeness (QED) is 0.690. The van der Waals surface area contributed by atoms with Crippen LogP contribution < -0.4 is 11.1 Å². The number of nitrogens with one attached hydrogen (secondary N) is 1. The molecule has 4 heteroatoms. The van der Waals surface area contributed by atoms with E-state index in [1.165, 1.54) is 0 Å². The number of hydrogen-bond donors (Lipinski definition) is 2. The van der Waals surface area contributed by atoms with Crippen molar-refractivity contribution in [3.05, 3.63) is 0 Å². The Bertz CT molecular complexity index is 220. The molecule has 4 nitrogen and oxygen atoms in total. The van der Waals surface area contributed by atoms with Gasteiger partial charge < -0.3 is 10.5 Å². The average Bonchev–Trinajstić information content (AvgIpc) is 2.49. The lowest BCUT2D eigenvalue weighted by Crippen LogP contribution is -2.62. The molecule has 3 unspecified atom stereocenters. The smallest absolute Gasteiger partial charge is 0.240 e. The third-order valence-corrected chi connectivity index (χ3v) is 3.11. The van der Waals surface area contributed by atoms with Gasteiger partial charge in [-0.3, -0.25) is 10.1 Å². The Hall–Kier alpha value is -0.610. The lowest BCUT2D eigenvalue weighted by Gasteiger charge is -2.32. The molecule has 3 N–H and O–H groups in total. The molecule has 0 aromatic carbocycles. The van der Waals surface area contributed by atoms with Crippen LogP contribution in [0.15, 0.2) is 0 Å². The summed E-state index contributed by atoms with van der Waals surface area (Å²) in [7, 11) is 0. The molecule has 0 aromatic rings. The monoisotopic (exact) mass is 200 g/mol. The van der Waals surface area contributed by atoms with Gasteiger partial charge in [-0.25, -0.2) is 0 Å². The van der Waals surface area contributed by atoms with Crippen molar-refractivity contribution < 1.29 is 9.53 Å². The van der Waals surface area contributed by atoms with Gasteiger partial charge in [0.25, 0.3) is 0 Å². The number of primary amides is 1. The normalized spacial score (nSPS) is 34.4. The first-order valence-electron chi connectivity index (χ1n) is 5.22. The maximum Gasteiger partial charge on any atom is 0.240 e. The highest BCUT2D eigenvalue weighted by atomic mass is 16.5. The Labute approximate surface area is 85.2 Å². The van der Waals surface area contributed by atoms with Crippen LogP contribution in [0.4, 0.5) is 0 Å². The van der Waals surface area contributed by atoms with E-state index >= 15 is 0 Å². The number of hydrogen-bond acceptors (Lipinski definition) is 3. The van der Waals surface area contributed by atoms with Gasteiger partial charge in [-0.15, -0.1) is 0 Å². The van der Waals surface area contributed by atoms with Gasteiger partial charge in [0.05, 0.1) is 6.10 Å². The lowest BCUT2D eigenvalue weighted by molar-refractivity contribution is -0.126. The van der Waals surface area contributed by atoms with Crippen molar-refractivity contribution in [3.63, 3.8) is 0 Å². The molecule has 14 heavy (non-hydrogen) atoms. The van der Waals surface area contributed by atoms with E-state index in [1.807, 2.05) is 6.92 Å². The summed E-state index contributed by atoms with van der Waals surface area (Å²) < 4.78 is 5.41. The van der Waals surface area contributed by atoms with Crippen molar-refractivity contribution in [3.8, 4) is 0 Å². The first kappa shape index (κ1) is 11.5. The largest absolute Gasteiger partial charge is 0.376 e. The van der Waals surface area contributed by atoms with E-state index < -0.39 is 5.54 Å². The van der Waals surface area contributed by atoms with Crippen molar-refractivity contribution >= 4 is 5.91 Å². The highest BCUT2D eigenvalue weighted by molar-refractivity contribution is 5.85. The van der Waals surface area contributed by atoms with Gasteiger partial charge in [0.15, 0.2) is 0 Å². The fourth-order valence-corrected chi connectivity index (χ4v) is 1.87. The van der Waals surface area contributed by atoms with E-state index in [2.05, 4.69) is 19.2 Å². The van der Waals surface area contributed by atoms with E-state index in [0.717, 1.165) is 6.42 Å². The van der Waals surface area contributed by atoms with Crippen molar-refractivity contribution in [2.24, 2.45) is 5.73 Å². The van der Waals surface area contributed by atoms with Gasteiger partial charge in [-0.2, -0.15) is 0 Å².